The van der Waals surface area contributed by atoms with E-state index >= 15 is 0 Å². The molecule has 1 fully saturated rings. The number of ether oxygens (including phenoxy) is 1. The van der Waals surface area contributed by atoms with Crippen LogP contribution in [0.5, 0.6) is 5.75 Å². The lowest BCUT2D eigenvalue weighted by molar-refractivity contribution is -0.305. The second-order valence-electron chi connectivity index (χ2n) is 7.87. The van der Waals surface area contributed by atoms with Crippen LogP contribution < -0.4 is 9.84 Å². The van der Waals surface area contributed by atoms with Crippen molar-refractivity contribution in [3.8, 4) is 5.75 Å². The molecule has 1 saturated carbocycles. The average molecular weight is 457 g/mol. The van der Waals surface area contributed by atoms with Crippen molar-refractivity contribution in [2.75, 3.05) is 6.61 Å². The molecule has 5 atom stereocenters. The summed E-state index contributed by atoms with van der Waals surface area (Å²) in [5.74, 6) is -1.82. The van der Waals surface area contributed by atoms with Gasteiger partial charge in [0.25, 0.3) is 0 Å². The third-order valence-electron chi connectivity index (χ3n) is 5.38. The van der Waals surface area contributed by atoms with Crippen LogP contribution in [-0.2, 0) is 11.0 Å². The third kappa shape index (κ3) is 8.29. The van der Waals surface area contributed by atoms with Crippen molar-refractivity contribution in [3.63, 3.8) is 0 Å². The van der Waals surface area contributed by atoms with Crippen molar-refractivity contribution in [3.05, 3.63) is 54.1 Å². The van der Waals surface area contributed by atoms with Crippen LogP contribution in [0.25, 0.3) is 0 Å². The molecule has 3 N–H and O–H groups in total. The molecule has 0 saturated heterocycles. The second-order valence-corrected chi connectivity index (χ2v) is 7.87. The average Bonchev–Trinajstić information content (AvgIpc) is 2.99. The maximum Gasteiger partial charge on any atom is 0.416 e. The molecule has 0 bridgehead atoms. The Morgan fingerprint density at radius 1 is 1.25 bits per heavy atom. The summed E-state index contributed by atoms with van der Waals surface area (Å²) in [6, 6.07) is 4.35. The number of alkyl halides is 3. The van der Waals surface area contributed by atoms with Gasteiger partial charge in [-0.2, -0.15) is 13.2 Å². The molecule has 1 aromatic rings. The zero-order chi connectivity index (χ0) is 23.7. The molecule has 9 heteroatoms. The fourth-order valence-electron chi connectivity index (χ4n) is 3.70. The number of aliphatic carboxylic acids is 1. The van der Waals surface area contributed by atoms with Crippen molar-refractivity contribution in [2.45, 2.75) is 56.6 Å². The predicted molar refractivity (Wildman–Crippen MR) is 108 cm³/mol. The minimum Gasteiger partial charge on any atom is -0.550 e. The van der Waals surface area contributed by atoms with Gasteiger partial charge in [-0.05, 0) is 49.8 Å². The fraction of sp³-hybridized carbons (Fsp3) is 0.522. The molecule has 0 amide bonds. The van der Waals surface area contributed by atoms with E-state index < -0.39 is 41.9 Å². The highest BCUT2D eigenvalue weighted by atomic mass is 19.4. The molecule has 1 aliphatic rings. The van der Waals surface area contributed by atoms with Gasteiger partial charge in [-0.1, -0.05) is 30.4 Å². The van der Waals surface area contributed by atoms with Gasteiger partial charge in [0.2, 0.25) is 0 Å². The Hall–Kier alpha value is -2.36. The van der Waals surface area contributed by atoms with Gasteiger partial charge < -0.3 is 30.0 Å². The van der Waals surface area contributed by atoms with E-state index in [-0.39, 0.29) is 31.1 Å². The first-order valence-corrected chi connectivity index (χ1v) is 10.5. The number of allylic oxidation sites excluding steroid dienone is 2. The number of hydrogen-bond donors (Lipinski definition) is 3. The molecule has 0 heterocycles. The Labute approximate surface area is 184 Å². The molecular weight excluding hydrogens is 429 g/mol. The number of aliphatic hydroxyl groups excluding tert-OH is 3. The standard InChI is InChI=1S/C23H29F3O6/c24-23(25,26)15-6-5-7-17(12-15)32-14-16(27)10-11-19-18(20(28)13-21(19)29)8-3-1-2-4-9-22(30)31/h1,3,5-7,10-12,16,18-21,27-29H,2,4,8-9,13-14H2,(H,30,31)/p-1/b3-1-,11-10+/t16-,18?,19-,20+,21-/m1/s1. The molecule has 6 nitrogen and oxygen atoms in total. The highest BCUT2D eigenvalue weighted by Gasteiger charge is 2.39. The number of aliphatic hydroxyl groups is 3. The summed E-state index contributed by atoms with van der Waals surface area (Å²) in [5, 5.41) is 41.0. The smallest absolute Gasteiger partial charge is 0.416 e. The molecule has 1 unspecified atom stereocenters. The van der Waals surface area contributed by atoms with Crippen LogP contribution in [0, 0.1) is 11.8 Å². The van der Waals surface area contributed by atoms with Crippen LogP contribution in [-0.4, -0.2) is 46.2 Å². The predicted octanol–water partition coefficient (Wildman–Crippen LogP) is 2.23. The number of benzene rings is 1. The first-order valence-electron chi connectivity index (χ1n) is 10.5. The topological polar surface area (TPSA) is 110 Å². The van der Waals surface area contributed by atoms with Gasteiger partial charge in [0.1, 0.15) is 18.5 Å². The Bertz CT molecular complexity index is 792. The first-order chi connectivity index (χ1) is 15.1. The minimum absolute atomic E-state index is 0.0229. The zero-order valence-electron chi connectivity index (χ0n) is 17.4. The summed E-state index contributed by atoms with van der Waals surface area (Å²) in [6.07, 6.45) is 1.15. The van der Waals surface area contributed by atoms with Gasteiger partial charge in [0.05, 0.1) is 17.8 Å². The molecule has 178 valence electrons. The number of carboxylic acids is 1. The van der Waals surface area contributed by atoms with Crippen molar-refractivity contribution in [1.82, 2.24) is 0 Å². The zero-order valence-corrected chi connectivity index (χ0v) is 17.4. The molecule has 0 aromatic heterocycles. The summed E-state index contributed by atoms with van der Waals surface area (Å²) in [6.45, 7) is -0.272. The molecule has 1 aliphatic carbocycles. The van der Waals surface area contributed by atoms with E-state index in [1.807, 2.05) is 12.2 Å². The largest absolute Gasteiger partial charge is 0.550 e. The summed E-state index contributed by atoms with van der Waals surface area (Å²) < 4.78 is 43.5. The fourth-order valence-corrected chi connectivity index (χ4v) is 3.70. The maximum atomic E-state index is 12.8. The van der Waals surface area contributed by atoms with Gasteiger partial charge in [-0.15, -0.1) is 0 Å². The monoisotopic (exact) mass is 457 g/mol. The number of rotatable bonds is 11. The molecular formula is C23H28F3O6-. The number of halogens is 3. The molecule has 2 rings (SSSR count). The van der Waals surface area contributed by atoms with E-state index in [1.165, 1.54) is 18.2 Å². The van der Waals surface area contributed by atoms with Crippen LogP contribution in [0.1, 0.15) is 37.7 Å². The van der Waals surface area contributed by atoms with Crippen LogP contribution in [0.15, 0.2) is 48.6 Å². The van der Waals surface area contributed by atoms with Crippen molar-refractivity contribution in [1.29, 1.82) is 0 Å². The van der Waals surface area contributed by atoms with E-state index in [9.17, 15) is 38.4 Å². The quantitative estimate of drug-likeness (QED) is 0.347. The highest BCUT2D eigenvalue weighted by Crippen LogP contribution is 2.36. The third-order valence-corrected chi connectivity index (χ3v) is 5.38. The summed E-state index contributed by atoms with van der Waals surface area (Å²) >= 11 is 0. The Balaban J connectivity index is 1.87. The Morgan fingerprint density at radius 2 is 2.00 bits per heavy atom. The first kappa shape index (κ1) is 25.9. The van der Waals surface area contributed by atoms with E-state index in [0.29, 0.717) is 19.3 Å². The van der Waals surface area contributed by atoms with Gasteiger partial charge in [0, 0.05) is 18.3 Å². The van der Waals surface area contributed by atoms with Gasteiger partial charge in [-0.3, -0.25) is 0 Å². The van der Waals surface area contributed by atoms with Crippen LogP contribution in [0.4, 0.5) is 13.2 Å². The van der Waals surface area contributed by atoms with Crippen LogP contribution in [0.3, 0.4) is 0 Å². The van der Waals surface area contributed by atoms with Crippen molar-refractivity contribution in [2.24, 2.45) is 11.8 Å². The number of carbonyl (C=O) groups excluding carboxylic acids is 1. The van der Waals surface area contributed by atoms with Gasteiger partial charge in [-0.25, -0.2) is 0 Å². The minimum atomic E-state index is -4.49. The molecule has 0 aliphatic heterocycles. The summed E-state index contributed by atoms with van der Waals surface area (Å²) in [4.78, 5) is 10.4. The molecule has 0 radical (unpaired) electrons. The maximum absolute atomic E-state index is 12.8. The number of carbonyl (C=O) groups is 1. The summed E-state index contributed by atoms with van der Waals surface area (Å²) in [5.41, 5.74) is -0.848. The Kier molecular flexibility index (Phi) is 9.74. The molecule has 1 aromatic carbocycles. The molecule has 32 heavy (non-hydrogen) atoms. The lowest BCUT2D eigenvalue weighted by atomic mass is 9.89. The number of hydrogen-bond acceptors (Lipinski definition) is 6. The van der Waals surface area contributed by atoms with E-state index in [2.05, 4.69) is 0 Å². The number of unbranched alkanes of at least 4 members (excludes halogenated alkanes) is 1. The lowest BCUT2D eigenvalue weighted by Gasteiger charge is -2.19. The highest BCUT2D eigenvalue weighted by molar-refractivity contribution is 5.64. The van der Waals surface area contributed by atoms with Crippen molar-refractivity contribution >= 4 is 5.97 Å². The number of carboxylic acid groups (broad SMARTS) is 1. The molecule has 0 spiro atoms. The van der Waals surface area contributed by atoms with Crippen LogP contribution in [0.2, 0.25) is 0 Å². The van der Waals surface area contributed by atoms with E-state index in [0.717, 1.165) is 12.1 Å². The van der Waals surface area contributed by atoms with Gasteiger partial charge >= 0.3 is 6.18 Å². The van der Waals surface area contributed by atoms with E-state index in [1.54, 1.807) is 6.08 Å². The van der Waals surface area contributed by atoms with Gasteiger partial charge in [0.15, 0.2) is 0 Å². The normalized spacial score (nSPS) is 24.9. The SMILES string of the molecule is O=C([O-])CCC/C=C\CC1[C@@H](/C=C/[C@@H](O)COc2cccc(C(F)(F)F)c2)[C@H](O)C[C@@H]1O. The summed E-state index contributed by atoms with van der Waals surface area (Å²) in [7, 11) is 0. The Morgan fingerprint density at radius 3 is 2.69 bits per heavy atom. The second kappa shape index (κ2) is 12.0. The lowest BCUT2D eigenvalue weighted by Crippen LogP contribution is -2.21. The van der Waals surface area contributed by atoms with E-state index in [4.69, 9.17) is 4.74 Å². The van der Waals surface area contributed by atoms with Crippen molar-refractivity contribution < 1.29 is 43.1 Å². The van der Waals surface area contributed by atoms with Crippen LogP contribution >= 0.6 is 0 Å².